The second-order valence-electron chi connectivity index (χ2n) is 15.7. The molecule has 5 heterocycles. The van der Waals surface area contributed by atoms with Gasteiger partial charge in [0, 0.05) is 17.7 Å². The number of hydrogen-bond acceptors (Lipinski definition) is 24. The van der Waals surface area contributed by atoms with Crippen molar-refractivity contribution < 1.29 is 114 Å². The second-order valence-corrected chi connectivity index (χ2v) is 15.7. The van der Waals surface area contributed by atoms with Gasteiger partial charge in [0.15, 0.2) is 24.4 Å². The third-order valence-corrected chi connectivity index (χ3v) is 11.3. The maximum Gasteiger partial charge on any atom is 0.239 e. The molecule has 24 heteroatoms. The molecule has 0 aliphatic carbocycles. The van der Waals surface area contributed by atoms with E-state index < -0.39 is 164 Å². The van der Waals surface area contributed by atoms with Crippen LogP contribution >= 0.6 is 0 Å². The summed E-state index contributed by atoms with van der Waals surface area (Å²) in [6, 6.07) is 7.10. The van der Waals surface area contributed by atoms with Crippen LogP contribution in [0.4, 0.5) is 0 Å². The van der Waals surface area contributed by atoms with Crippen LogP contribution in [0.15, 0.2) is 45.6 Å². The summed E-state index contributed by atoms with van der Waals surface area (Å²) in [5, 5.41) is 147. The van der Waals surface area contributed by atoms with Crippen molar-refractivity contribution >= 4 is 11.0 Å². The smallest absolute Gasteiger partial charge is 0.239 e. The number of hydrogen-bond donors (Lipinski definition) is 14. The van der Waals surface area contributed by atoms with Gasteiger partial charge in [0.25, 0.3) is 0 Å². The quantitative estimate of drug-likeness (QED) is 0.0856. The largest absolute Gasteiger partial charge is 0.508 e. The molecular weight excluding hydrogens is 852 g/mol. The van der Waals surface area contributed by atoms with E-state index in [2.05, 4.69) is 0 Å². The third kappa shape index (κ3) is 9.19. The van der Waals surface area contributed by atoms with Gasteiger partial charge >= 0.3 is 0 Å². The fourth-order valence-electron chi connectivity index (χ4n) is 7.56. The minimum atomic E-state index is -2.12. The fraction of sp³-hybridized carbons (Fsp3) is 0.615. The predicted octanol–water partition coefficient (Wildman–Crippen LogP) is -5.07. The first kappa shape index (κ1) is 47.1. The van der Waals surface area contributed by atoms with Crippen molar-refractivity contribution in [2.45, 2.75) is 137 Å². The number of fused-ring (bicyclic) bond motifs is 1. The van der Waals surface area contributed by atoms with Gasteiger partial charge in [-0.05, 0) is 38.1 Å². The van der Waals surface area contributed by atoms with Crippen LogP contribution in [-0.2, 0) is 28.4 Å². The standard InChI is InChI=1S/C39H50O24/c1-11-21(43)26(48)30(52)36(56-11)55-10-19-24(46)29(51)35(63-38-32(54)28(50)23(45)18(9-40)60-38)39(61-19)62-34-25(47)20-16(42)7-15(58-37-31(53)27(49)22(44)12(2)57-37)8-17(20)59-33(34)13-3-5-14(41)6-4-13/h3-8,11-12,18-19,21-24,26-32,35-46,48-54H,9-10H2,1-2H3/t11-,12-,18-,19-,21-,22-,23-,24-,26+,27+,28+,29+,30+,31+,32-,35-,36+,37-,38+,39-/m1/s1. The number of phenols is 2. The average Bonchev–Trinajstić information content (AvgIpc) is 3.25. The highest BCUT2D eigenvalue weighted by atomic mass is 16.8. The van der Waals surface area contributed by atoms with Crippen molar-refractivity contribution in [3.8, 4) is 34.3 Å². The lowest BCUT2D eigenvalue weighted by Gasteiger charge is -2.46. The number of phenolic OH excluding ortho intramolecular Hbond substituents is 2. The molecule has 4 aliphatic rings. The molecule has 350 valence electrons. The van der Waals surface area contributed by atoms with Crippen LogP contribution in [0.1, 0.15) is 13.8 Å². The zero-order valence-corrected chi connectivity index (χ0v) is 33.3. The topological polar surface area (TPSA) is 387 Å². The molecule has 4 saturated heterocycles. The van der Waals surface area contributed by atoms with Crippen LogP contribution < -0.4 is 14.9 Å². The SMILES string of the molecule is C[C@H]1O[C@H](OC[C@H]2O[C@H](Oc3c(-c4ccc(O)cc4)oc4cc(O[C@H]5O[C@H](C)[C@@H](O)[C@H](O)[C@@H]5O)cc(O)c4c3=O)[C@H](O[C@@H]3O[C@H](CO)[C@@H](O)[C@H](O)[C@H]3O)[C@@H](O)[C@@H]2O)[C@@H](O)[C@@H](O)[C@@H]1O. The van der Waals surface area contributed by atoms with Crippen LogP contribution in [0.25, 0.3) is 22.3 Å². The van der Waals surface area contributed by atoms with E-state index in [0.717, 1.165) is 12.1 Å². The number of ether oxygens (including phenoxy) is 8. The molecule has 63 heavy (non-hydrogen) atoms. The molecule has 0 bridgehead atoms. The Hall–Kier alpha value is -3.87. The Morgan fingerprint density at radius 3 is 1.78 bits per heavy atom. The van der Waals surface area contributed by atoms with Crippen molar-refractivity contribution in [2.75, 3.05) is 13.2 Å². The zero-order chi connectivity index (χ0) is 45.8. The van der Waals surface area contributed by atoms with E-state index in [0.29, 0.717) is 0 Å². The molecule has 1 aromatic heterocycles. The molecule has 0 amide bonds. The van der Waals surface area contributed by atoms with Crippen LogP contribution in [0.2, 0.25) is 0 Å². The monoisotopic (exact) mass is 902 g/mol. The van der Waals surface area contributed by atoms with Crippen molar-refractivity contribution in [1.82, 2.24) is 0 Å². The summed E-state index contributed by atoms with van der Waals surface area (Å²) < 4.78 is 51.7. The van der Waals surface area contributed by atoms with Crippen LogP contribution in [0, 0.1) is 0 Å². The van der Waals surface area contributed by atoms with Crippen molar-refractivity contribution in [3.63, 3.8) is 0 Å². The first-order valence-corrected chi connectivity index (χ1v) is 19.8. The van der Waals surface area contributed by atoms with Crippen molar-refractivity contribution in [3.05, 3.63) is 46.6 Å². The Morgan fingerprint density at radius 1 is 0.587 bits per heavy atom. The predicted molar refractivity (Wildman–Crippen MR) is 202 cm³/mol. The Labute approximate surface area is 355 Å². The van der Waals surface area contributed by atoms with E-state index in [9.17, 15) is 76.3 Å². The van der Waals surface area contributed by atoms with Crippen LogP contribution in [-0.4, -0.2) is 208 Å². The summed E-state index contributed by atoms with van der Waals surface area (Å²) in [6.45, 7) is 1.18. The van der Waals surface area contributed by atoms with E-state index in [4.69, 9.17) is 42.3 Å². The normalized spacial score (nSPS) is 41.0. The number of benzene rings is 2. The average molecular weight is 903 g/mol. The van der Waals surface area contributed by atoms with Gasteiger partial charge in [-0.3, -0.25) is 4.79 Å². The number of aromatic hydroxyl groups is 2. The molecule has 14 N–H and O–H groups in total. The van der Waals surface area contributed by atoms with E-state index in [1.165, 1.54) is 38.1 Å². The summed E-state index contributed by atoms with van der Waals surface area (Å²) in [4.78, 5) is 14.5. The minimum absolute atomic E-state index is 0.0468. The van der Waals surface area contributed by atoms with Crippen LogP contribution in [0.3, 0.4) is 0 Å². The van der Waals surface area contributed by atoms with E-state index >= 15 is 0 Å². The Morgan fingerprint density at radius 2 is 1.14 bits per heavy atom. The van der Waals surface area contributed by atoms with Gasteiger partial charge in [-0.25, -0.2) is 0 Å². The summed E-state index contributed by atoms with van der Waals surface area (Å²) in [5.74, 6) is -2.43. The van der Waals surface area contributed by atoms with Gasteiger partial charge in [0.1, 0.15) is 108 Å². The maximum absolute atomic E-state index is 14.5. The number of aliphatic hydroxyl groups is 12. The zero-order valence-electron chi connectivity index (χ0n) is 33.3. The molecule has 24 nitrogen and oxygen atoms in total. The summed E-state index contributed by atoms with van der Waals surface area (Å²) in [5.41, 5.74) is -1.43. The molecule has 2 aromatic carbocycles. The molecule has 0 saturated carbocycles. The number of aliphatic hydroxyl groups excluding tert-OH is 12. The molecule has 3 aromatic rings. The summed E-state index contributed by atoms with van der Waals surface area (Å²) >= 11 is 0. The number of rotatable bonds is 11. The maximum atomic E-state index is 14.5. The van der Waals surface area contributed by atoms with Gasteiger partial charge in [0.2, 0.25) is 23.8 Å². The van der Waals surface area contributed by atoms with E-state index in [-0.39, 0.29) is 22.6 Å². The Kier molecular flexibility index (Phi) is 14.1. The van der Waals surface area contributed by atoms with Crippen molar-refractivity contribution in [2.24, 2.45) is 0 Å². The minimum Gasteiger partial charge on any atom is -0.508 e. The van der Waals surface area contributed by atoms with Gasteiger partial charge in [-0.2, -0.15) is 0 Å². The highest BCUT2D eigenvalue weighted by Crippen LogP contribution is 2.40. The molecule has 0 unspecified atom stereocenters. The van der Waals surface area contributed by atoms with Crippen molar-refractivity contribution in [1.29, 1.82) is 0 Å². The molecule has 0 radical (unpaired) electrons. The second kappa shape index (κ2) is 18.9. The fourth-order valence-corrected chi connectivity index (χ4v) is 7.56. The highest BCUT2D eigenvalue weighted by molar-refractivity contribution is 5.88. The van der Waals surface area contributed by atoms with Gasteiger partial charge in [0.05, 0.1) is 25.4 Å². The molecule has 7 rings (SSSR count). The van der Waals surface area contributed by atoms with Gasteiger partial charge in [-0.15, -0.1) is 0 Å². The van der Waals surface area contributed by atoms with E-state index in [1.807, 2.05) is 0 Å². The van der Waals surface area contributed by atoms with E-state index in [1.54, 1.807) is 0 Å². The Balaban J connectivity index is 1.27. The summed E-state index contributed by atoms with van der Waals surface area (Å²) in [7, 11) is 0. The highest BCUT2D eigenvalue weighted by Gasteiger charge is 2.53. The van der Waals surface area contributed by atoms with Gasteiger partial charge in [-0.1, -0.05) is 0 Å². The lowest BCUT2D eigenvalue weighted by Crippen LogP contribution is -2.65. The van der Waals surface area contributed by atoms with Gasteiger partial charge < -0.3 is 114 Å². The molecule has 4 aliphatic heterocycles. The first-order valence-electron chi connectivity index (χ1n) is 19.8. The summed E-state index contributed by atoms with van der Waals surface area (Å²) in [6.07, 6.45) is -34.3. The molecular formula is C39H50O24. The lowest BCUT2D eigenvalue weighted by molar-refractivity contribution is -0.362. The molecule has 0 spiro atoms. The molecule has 4 fully saturated rings. The Bertz CT molecular complexity index is 2080. The molecule has 20 atom stereocenters. The first-order chi connectivity index (χ1) is 29.8. The third-order valence-electron chi connectivity index (χ3n) is 11.3. The van der Waals surface area contributed by atoms with Crippen LogP contribution in [0.5, 0.6) is 23.0 Å². The lowest BCUT2D eigenvalue weighted by atomic mass is 9.97.